The van der Waals surface area contributed by atoms with Gasteiger partial charge in [-0.3, -0.25) is 0 Å². The van der Waals surface area contributed by atoms with Gasteiger partial charge >= 0.3 is 0 Å². The zero-order chi connectivity index (χ0) is 14.1. The lowest BCUT2D eigenvalue weighted by Crippen LogP contribution is -2.13. The van der Waals surface area contributed by atoms with E-state index in [4.69, 9.17) is 17.0 Å². The summed E-state index contributed by atoms with van der Waals surface area (Å²) >= 11 is 8.83. The van der Waals surface area contributed by atoms with E-state index in [1.165, 1.54) is 11.9 Å². The van der Waals surface area contributed by atoms with E-state index >= 15 is 0 Å². The van der Waals surface area contributed by atoms with Crippen LogP contribution in [0.2, 0.25) is 0 Å². The third-order valence-electron chi connectivity index (χ3n) is 3.25. The van der Waals surface area contributed by atoms with Crippen LogP contribution in [0.4, 0.5) is 0 Å². The van der Waals surface area contributed by atoms with Crippen molar-refractivity contribution in [3.8, 4) is 0 Å². The average molecular weight is 297 g/mol. The minimum Gasteiger partial charge on any atom is -0.371 e. The number of rotatable bonds is 7. The van der Waals surface area contributed by atoms with Crippen LogP contribution in [0.1, 0.15) is 33.1 Å². The number of hydrogen-bond donors (Lipinski definition) is 2. The molecule has 0 amide bonds. The molecule has 0 bridgehead atoms. The molecule has 1 aliphatic heterocycles. The van der Waals surface area contributed by atoms with Crippen LogP contribution < -0.4 is 5.32 Å². The molecule has 0 radical (unpaired) electrons. The molecule has 1 rings (SSSR count). The molecular formula is C15H23NOS2. The fourth-order valence-corrected chi connectivity index (χ4v) is 2.58. The summed E-state index contributed by atoms with van der Waals surface area (Å²) in [4.78, 5) is 0. The van der Waals surface area contributed by atoms with E-state index in [2.05, 4.69) is 37.9 Å². The van der Waals surface area contributed by atoms with E-state index in [-0.39, 0.29) is 6.10 Å². The van der Waals surface area contributed by atoms with Crippen molar-refractivity contribution in [3.05, 3.63) is 35.4 Å². The topological polar surface area (TPSA) is 21.3 Å². The van der Waals surface area contributed by atoms with Crippen molar-refractivity contribution in [3.63, 3.8) is 0 Å². The third-order valence-corrected chi connectivity index (χ3v) is 3.53. The molecule has 0 spiro atoms. The summed E-state index contributed by atoms with van der Waals surface area (Å²) in [7, 11) is 0. The van der Waals surface area contributed by atoms with Gasteiger partial charge in [0.15, 0.2) is 0 Å². The largest absolute Gasteiger partial charge is 0.371 e. The molecule has 0 aromatic rings. The molecule has 4 heteroatoms. The highest BCUT2D eigenvalue weighted by atomic mass is 32.1. The fourth-order valence-electron chi connectivity index (χ4n) is 2.33. The Kier molecular flexibility index (Phi) is 8.10. The number of ether oxygens (including phenoxy) is 1. The van der Waals surface area contributed by atoms with Crippen molar-refractivity contribution in [1.82, 2.24) is 5.32 Å². The van der Waals surface area contributed by atoms with Crippen molar-refractivity contribution in [2.45, 2.75) is 45.3 Å². The highest BCUT2D eigenvalue weighted by molar-refractivity contribution is 7.83. The summed E-state index contributed by atoms with van der Waals surface area (Å²) in [6.07, 6.45) is 11.9. The second-order valence-corrected chi connectivity index (χ2v) is 5.35. The molecule has 1 saturated heterocycles. The highest BCUT2D eigenvalue weighted by Gasteiger charge is 2.29. The predicted octanol–water partition coefficient (Wildman–Crippen LogP) is 4.01. The van der Waals surface area contributed by atoms with E-state index in [9.17, 15) is 0 Å². The van der Waals surface area contributed by atoms with Gasteiger partial charge in [0.1, 0.15) is 0 Å². The van der Waals surface area contributed by atoms with Crippen LogP contribution >= 0.6 is 24.8 Å². The van der Waals surface area contributed by atoms with Crippen LogP contribution in [0, 0.1) is 5.92 Å². The molecule has 0 aliphatic carbocycles. The quantitative estimate of drug-likeness (QED) is 0.421. The molecular weight excluding hydrogens is 274 g/mol. The summed E-state index contributed by atoms with van der Waals surface area (Å²) in [6, 6.07) is 0. The lowest BCUT2D eigenvalue weighted by molar-refractivity contribution is 0.0531. The van der Waals surface area contributed by atoms with Gasteiger partial charge in [-0.2, -0.15) is 12.6 Å². The molecule has 0 aromatic carbocycles. The lowest BCUT2D eigenvalue weighted by Gasteiger charge is -2.13. The Morgan fingerprint density at radius 1 is 1.47 bits per heavy atom. The molecule has 1 aliphatic rings. The van der Waals surface area contributed by atoms with E-state index in [0.29, 0.717) is 12.0 Å². The second-order valence-electron chi connectivity index (χ2n) is 4.81. The van der Waals surface area contributed by atoms with E-state index in [1.54, 1.807) is 5.41 Å². The first-order valence-electron chi connectivity index (χ1n) is 6.75. The van der Waals surface area contributed by atoms with Crippen molar-refractivity contribution >= 4 is 30.3 Å². The maximum Gasteiger partial charge on any atom is 0.0772 e. The summed E-state index contributed by atoms with van der Waals surface area (Å²) in [5, 5.41) is 4.60. The van der Waals surface area contributed by atoms with Crippen molar-refractivity contribution in [2.75, 3.05) is 0 Å². The van der Waals surface area contributed by atoms with Crippen LogP contribution in [-0.4, -0.2) is 17.7 Å². The molecule has 3 unspecified atom stereocenters. The van der Waals surface area contributed by atoms with Gasteiger partial charge in [0.2, 0.25) is 0 Å². The van der Waals surface area contributed by atoms with Gasteiger partial charge in [0.25, 0.3) is 0 Å². The third kappa shape index (κ3) is 5.93. The highest BCUT2D eigenvalue weighted by Crippen LogP contribution is 2.30. The molecule has 1 fully saturated rings. The number of thiocarbonyl (C=S) groups is 1. The summed E-state index contributed by atoms with van der Waals surface area (Å²) < 4.78 is 6.08. The molecule has 3 atom stereocenters. The van der Waals surface area contributed by atoms with Crippen LogP contribution in [0.3, 0.4) is 0 Å². The van der Waals surface area contributed by atoms with Gasteiger partial charge in [0.05, 0.1) is 17.7 Å². The van der Waals surface area contributed by atoms with Gasteiger partial charge in [-0.15, -0.1) is 0 Å². The molecule has 106 valence electrons. The summed E-state index contributed by atoms with van der Waals surface area (Å²) in [5.74, 6) is 0.630. The Balaban J connectivity index is 2.66. The standard InChI is InChI=1S/C15H23NOS2/c1-3-4-15-12(2)9-14(17-15)10-13(6-8-18)5-7-16-11-19/h5-8,10-12,14-15,18H,3-4,9H2,1-2H3,(H,16,19)/b7-5-,8-6-,13-10+. The normalized spacial score (nSPS) is 28.4. The lowest BCUT2D eigenvalue weighted by atomic mass is 9.98. The van der Waals surface area contributed by atoms with E-state index in [0.717, 1.165) is 18.4 Å². The monoisotopic (exact) mass is 297 g/mol. The molecule has 0 aromatic heterocycles. The van der Waals surface area contributed by atoms with Crippen molar-refractivity contribution in [1.29, 1.82) is 0 Å². The van der Waals surface area contributed by atoms with Gasteiger partial charge in [-0.1, -0.05) is 32.5 Å². The molecule has 0 saturated carbocycles. The molecule has 1 N–H and O–H groups in total. The Labute approximate surface area is 127 Å². The van der Waals surface area contributed by atoms with Gasteiger partial charge in [-0.25, -0.2) is 0 Å². The Hall–Kier alpha value is -0.580. The van der Waals surface area contributed by atoms with Crippen molar-refractivity contribution < 1.29 is 4.74 Å². The van der Waals surface area contributed by atoms with Crippen molar-refractivity contribution in [2.24, 2.45) is 5.92 Å². The summed E-state index contributed by atoms with van der Waals surface area (Å²) in [5.41, 5.74) is 2.55. The Morgan fingerprint density at radius 2 is 2.26 bits per heavy atom. The van der Waals surface area contributed by atoms with E-state index < -0.39 is 0 Å². The van der Waals surface area contributed by atoms with E-state index in [1.807, 2.05) is 18.4 Å². The molecule has 2 nitrogen and oxygen atoms in total. The first-order chi connectivity index (χ1) is 9.21. The maximum absolute atomic E-state index is 6.08. The van der Waals surface area contributed by atoms with Crippen LogP contribution in [0.15, 0.2) is 35.4 Å². The zero-order valence-electron chi connectivity index (χ0n) is 11.6. The number of hydrogen-bond acceptors (Lipinski definition) is 3. The fraction of sp³-hybridized carbons (Fsp3) is 0.533. The van der Waals surface area contributed by atoms with Gasteiger partial charge < -0.3 is 10.1 Å². The number of nitrogens with one attached hydrogen (secondary N) is 1. The smallest absolute Gasteiger partial charge is 0.0772 e. The van der Waals surface area contributed by atoms with Gasteiger partial charge in [-0.05, 0) is 48.0 Å². The number of thiol groups is 1. The van der Waals surface area contributed by atoms with Crippen LogP contribution in [-0.2, 0) is 4.74 Å². The van der Waals surface area contributed by atoms with Gasteiger partial charge in [0, 0.05) is 6.20 Å². The Bertz CT molecular complexity index is 363. The minimum absolute atomic E-state index is 0.197. The number of allylic oxidation sites excluding steroid dienone is 3. The first kappa shape index (κ1) is 16.5. The van der Waals surface area contributed by atoms with Crippen LogP contribution in [0.5, 0.6) is 0 Å². The SMILES string of the molecule is CCCC1OC(/C=C(/C=C\S)\C=C/NC=S)CC1C. The predicted molar refractivity (Wildman–Crippen MR) is 89.5 cm³/mol. The minimum atomic E-state index is 0.197. The first-order valence-corrected chi connectivity index (χ1v) is 7.74. The second kappa shape index (κ2) is 9.34. The molecule has 1 heterocycles. The zero-order valence-corrected chi connectivity index (χ0v) is 13.3. The Morgan fingerprint density at radius 3 is 2.89 bits per heavy atom. The summed E-state index contributed by atoms with van der Waals surface area (Å²) in [6.45, 7) is 4.47. The van der Waals surface area contributed by atoms with Crippen LogP contribution in [0.25, 0.3) is 0 Å². The maximum atomic E-state index is 6.08. The average Bonchev–Trinajstić information content (AvgIpc) is 2.71. The molecule has 19 heavy (non-hydrogen) atoms.